The van der Waals surface area contributed by atoms with Gasteiger partial charge in [-0.25, -0.2) is 5.43 Å². The summed E-state index contributed by atoms with van der Waals surface area (Å²) in [6.07, 6.45) is 17.2. The van der Waals surface area contributed by atoms with Crippen molar-refractivity contribution in [2.75, 3.05) is 82.5 Å². The first-order valence-electron chi connectivity index (χ1n) is 28.0. The fourth-order valence-electron chi connectivity index (χ4n) is 13.8. The van der Waals surface area contributed by atoms with Crippen LogP contribution in [0.3, 0.4) is 0 Å². The highest BCUT2D eigenvalue weighted by Gasteiger charge is 2.61. The van der Waals surface area contributed by atoms with E-state index in [0.717, 1.165) is 97.4 Å². The summed E-state index contributed by atoms with van der Waals surface area (Å²) in [4.78, 5) is 59.2. The number of aryl methyl sites for hydroxylation is 1. The first kappa shape index (κ1) is 50.4. The number of nitrogens with one attached hydrogen (secondary N) is 2. The van der Waals surface area contributed by atoms with Crippen molar-refractivity contribution in [3.63, 3.8) is 0 Å². The molecule has 3 aliphatic carbocycles. The van der Waals surface area contributed by atoms with Crippen LogP contribution in [-0.2, 0) is 41.6 Å². The number of pyridine rings is 1. The zero-order valence-electron chi connectivity index (χ0n) is 44.6. The van der Waals surface area contributed by atoms with E-state index in [0.29, 0.717) is 75.7 Å². The van der Waals surface area contributed by atoms with Crippen molar-refractivity contribution in [2.45, 2.75) is 142 Å². The Balaban J connectivity index is 0.937. The normalized spacial score (nSPS) is 29.8. The van der Waals surface area contributed by atoms with E-state index >= 15 is 0 Å². The quantitative estimate of drug-likeness (QED) is 0.194. The van der Waals surface area contributed by atoms with Crippen molar-refractivity contribution < 1.29 is 28.6 Å². The number of hydrogen-bond donors (Lipinski definition) is 2. The standard InChI is InChI=1S/C58H81N9O6/c1-8-65-49-19-18-40-29-44(49)46(53(65)45-30-41(33-59-51(45)37(4)71-7)63-25-23-62(24-26-63)39-16-17-39)32-58(5,6)35-73-57(70)47-15-12-21-67(61-47)56(69)48(31-42-34-64(40)27-28-72-42)60-55(68)52(36(2)3)66-22-20-43-50(54(43)66)38-13-10-9-11-14-38/h9-11,13,18-19,29-30,33,36-39,42-43,47-48,50,52,54,61H,8,12,14-17,20-28,31-32,34-35H2,1-7H3,(H,60,68)/t37-,38?,42-,43+,47-,48-,50+,52-,54+/m0/s1. The molecule has 15 nitrogen and oxygen atoms in total. The summed E-state index contributed by atoms with van der Waals surface area (Å²) in [5.74, 6) is 0.947. The molecule has 9 atom stereocenters. The predicted octanol–water partition coefficient (Wildman–Crippen LogP) is 6.89. The molecule has 8 aliphatic rings. The van der Waals surface area contributed by atoms with Crippen molar-refractivity contribution in [1.82, 2.24) is 35.1 Å². The van der Waals surface area contributed by atoms with E-state index < -0.39 is 17.5 Å². The largest absolute Gasteiger partial charge is 0.464 e. The van der Waals surface area contributed by atoms with Crippen molar-refractivity contribution in [1.29, 1.82) is 0 Å². The molecular weight excluding hydrogens is 919 g/mol. The molecule has 2 saturated carbocycles. The molecule has 6 bridgehead atoms. The summed E-state index contributed by atoms with van der Waals surface area (Å²) in [5, 5.41) is 6.06. The molecule has 7 heterocycles. The fourth-order valence-corrected chi connectivity index (χ4v) is 13.8. The zero-order chi connectivity index (χ0) is 50.7. The number of hydrogen-bond acceptors (Lipinski definition) is 12. The van der Waals surface area contributed by atoms with Crippen LogP contribution in [0.1, 0.15) is 104 Å². The number of carbonyl (C=O) groups is 3. The van der Waals surface area contributed by atoms with E-state index in [1.807, 2.05) is 6.20 Å². The van der Waals surface area contributed by atoms with Gasteiger partial charge in [-0.15, -0.1) is 0 Å². The average Bonchev–Trinajstić information content (AvgIpc) is 4.32. The van der Waals surface area contributed by atoms with Crippen LogP contribution in [0.2, 0.25) is 0 Å². The number of benzene rings is 1. The molecule has 1 unspecified atom stereocenters. The number of likely N-dealkylation sites (tertiary alicyclic amines) is 1. The maximum atomic E-state index is 14.9. The molecule has 15 heteroatoms. The molecule has 73 heavy (non-hydrogen) atoms. The number of carbonyl (C=O) groups excluding carboxylic acids is 3. The van der Waals surface area contributed by atoms with Crippen LogP contribution in [-0.4, -0.2) is 151 Å². The van der Waals surface area contributed by atoms with E-state index in [-0.39, 0.29) is 48.6 Å². The minimum absolute atomic E-state index is 0.0415. The number of cyclic esters (lactones) is 1. The molecule has 11 rings (SSSR count). The average molecular weight is 1000 g/mol. The van der Waals surface area contributed by atoms with Gasteiger partial charge in [-0.3, -0.25) is 34.2 Å². The Morgan fingerprint density at radius 2 is 1.79 bits per heavy atom. The number of fused-ring (bicyclic) bond motifs is 7. The molecule has 5 aliphatic heterocycles. The van der Waals surface area contributed by atoms with Gasteiger partial charge in [0, 0.05) is 106 Å². The monoisotopic (exact) mass is 1000 g/mol. The van der Waals surface area contributed by atoms with E-state index in [9.17, 15) is 14.4 Å². The van der Waals surface area contributed by atoms with Crippen LogP contribution in [0.5, 0.6) is 0 Å². The van der Waals surface area contributed by atoms with Gasteiger partial charge in [0.15, 0.2) is 0 Å². The number of aromatic nitrogens is 2. The van der Waals surface area contributed by atoms with Gasteiger partial charge < -0.3 is 33.9 Å². The van der Waals surface area contributed by atoms with Gasteiger partial charge in [-0.05, 0) is 119 Å². The molecule has 2 N–H and O–H groups in total. The second-order valence-corrected chi connectivity index (χ2v) is 23.7. The van der Waals surface area contributed by atoms with Gasteiger partial charge in [0.05, 0.1) is 54.7 Å². The topological polar surface area (TPSA) is 137 Å². The number of piperidine rings is 1. The molecule has 0 radical (unpaired) electrons. The number of rotatable bonds is 11. The predicted molar refractivity (Wildman–Crippen MR) is 285 cm³/mol. The number of piperazine rings is 1. The summed E-state index contributed by atoms with van der Waals surface area (Å²) in [6.45, 7) is 20.9. The summed E-state index contributed by atoms with van der Waals surface area (Å²) < 4.78 is 21.3. The van der Waals surface area contributed by atoms with Crippen molar-refractivity contribution >= 4 is 40.1 Å². The Kier molecular flexibility index (Phi) is 14.3. The van der Waals surface area contributed by atoms with Gasteiger partial charge in [-0.1, -0.05) is 52.0 Å². The molecule has 6 fully saturated rings. The van der Waals surface area contributed by atoms with Crippen LogP contribution in [0.25, 0.3) is 22.2 Å². The molecule has 394 valence electrons. The van der Waals surface area contributed by atoms with E-state index in [4.69, 9.17) is 19.2 Å². The number of amides is 2. The Labute approximate surface area is 432 Å². The van der Waals surface area contributed by atoms with Gasteiger partial charge in [-0.2, -0.15) is 0 Å². The van der Waals surface area contributed by atoms with Gasteiger partial charge >= 0.3 is 5.97 Å². The highest BCUT2D eigenvalue weighted by Crippen LogP contribution is 2.57. The van der Waals surface area contributed by atoms with Crippen LogP contribution < -0.4 is 20.5 Å². The Bertz CT molecular complexity index is 2600. The van der Waals surface area contributed by atoms with Crippen molar-refractivity contribution in [3.8, 4) is 11.3 Å². The molecule has 0 spiro atoms. The third kappa shape index (κ3) is 10.1. The van der Waals surface area contributed by atoms with Crippen molar-refractivity contribution in [3.05, 3.63) is 66.0 Å². The minimum atomic E-state index is -0.871. The first-order valence-corrected chi connectivity index (χ1v) is 28.0. The van der Waals surface area contributed by atoms with E-state index in [2.05, 4.69) is 125 Å². The number of anilines is 2. The molecule has 2 amide bonds. The fraction of sp³-hybridized carbons (Fsp3) is 0.655. The lowest BCUT2D eigenvalue weighted by Gasteiger charge is -2.39. The molecular formula is C58H81N9O6. The number of esters is 1. The number of nitrogens with zero attached hydrogens (tertiary/aromatic N) is 7. The SMILES string of the molecule is CCn1c(-c2cc(N3CCN(C4CC4)CC3)cnc2[C@H](C)OC)c2c3cc(ccc31)N1CCO[C@@H](C[C@H](NC(=O)[C@H](C(C)C)N3CC[C@@H]4[C@@H](C5C=CC=CC5)[C@@H]43)C(=O)N3CCC[C@H](N3)C(=O)OCC(C)(C)C2)C1. The lowest BCUT2D eigenvalue weighted by Crippen LogP contribution is -2.62. The molecule has 1 aromatic carbocycles. The molecule has 2 aromatic heterocycles. The van der Waals surface area contributed by atoms with Gasteiger partial charge in [0.25, 0.3) is 5.91 Å². The highest BCUT2D eigenvalue weighted by atomic mass is 16.5. The number of morpholine rings is 1. The van der Waals surface area contributed by atoms with Crippen LogP contribution in [0.15, 0.2) is 54.8 Å². The Morgan fingerprint density at radius 3 is 2.53 bits per heavy atom. The third-order valence-corrected chi connectivity index (χ3v) is 17.8. The van der Waals surface area contributed by atoms with E-state index in [1.165, 1.54) is 18.4 Å². The number of ether oxygens (including phenoxy) is 3. The van der Waals surface area contributed by atoms with Crippen LogP contribution in [0, 0.1) is 29.1 Å². The molecule has 4 saturated heterocycles. The zero-order valence-corrected chi connectivity index (χ0v) is 44.6. The second kappa shape index (κ2) is 20.7. The summed E-state index contributed by atoms with van der Waals surface area (Å²) in [5.41, 5.74) is 10.4. The maximum absolute atomic E-state index is 14.9. The van der Waals surface area contributed by atoms with Crippen LogP contribution >= 0.6 is 0 Å². The third-order valence-electron chi connectivity index (χ3n) is 17.8. The number of hydrazine groups is 1. The first-order chi connectivity index (χ1) is 35.3. The number of methoxy groups -OCH3 is 1. The Morgan fingerprint density at radius 1 is 0.973 bits per heavy atom. The maximum Gasteiger partial charge on any atom is 0.324 e. The minimum Gasteiger partial charge on any atom is -0.464 e. The smallest absolute Gasteiger partial charge is 0.324 e. The molecule has 3 aromatic rings. The van der Waals surface area contributed by atoms with Crippen LogP contribution in [0.4, 0.5) is 11.4 Å². The summed E-state index contributed by atoms with van der Waals surface area (Å²) in [6, 6.07) is 8.36. The highest BCUT2D eigenvalue weighted by molar-refractivity contribution is 5.95. The van der Waals surface area contributed by atoms with Gasteiger partial charge in [0.2, 0.25) is 5.91 Å². The summed E-state index contributed by atoms with van der Waals surface area (Å²) in [7, 11) is 1.75. The lowest BCUT2D eigenvalue weighted by atomic mass is 9.84. The Hall–Kier alpha value is -4.80. The van der Waals surface area contributed by atoms with Gasteiger partial charge in [0.1, 0.15) is 12.1 Å². The lowest BCUT2D eigenvalue weighted by molar-refractivity contribution is -0.156. The van der Waals surface area contributed by atoms with Crippen molar-refractivity contribution in [2.24, 2.45) is 29.1 Å². The van der Waals surface area contributed by atoms with E-state index in [1.54, 1.807) is 12.1 Å². The number of allylic oxidation sites excluding steroid dienone is 4. The summed E-state index contributed by atoms with van der Waals surface area (Å²) >= 11 is 0. The second-order valence-electron chi connectivity index (χ2n) is 23.7.